The molecule has 0 atom stereocenters. The Morgan fingerprint density at radius 3 is 2.53 bits per heavy atom. The van der Waals surface area contributed by atoms with Crippen LogP contribution in [0.4, 0.5) is 0 Å². The van der Waals surface area contributed by atoms with Crippen LogP contribution in [0, 0.1) is 20.8 Å². The summed E-state index contributed by atoms with van der Waals surface area (Å²) in [6.07, 6.45) is 0. The third-order valence-corrected chi connectivity index (χ3v) is 7.46. The highest BCUT2D eigenvalue weighted by atomic mass is 32.2. The van der Waals surface area contributed by atoms with Crippen molar-refractivity contribution in [3.8, 4) is 5.69 Å². The number of nitrogens with zero attached hydrogens (tertiary/aromatic N) is 6. The summed E-state index contributed by atoms with van der Waals surface area (Å²) in [6.45, 7) is 5.90. The Labute approximate surface area is 209 Å². The van der Waals surface area contributed by atoms with Crippen LogP contribution in [0.25, 0.3) is 28.0 Å². The Morgan fingerprint density at radius 1 is 0.861 bits per heavy atom. The average molecular weight is 495 g/mol. The van der Waals surface area contributed by atoms with E-state index in [4.69, 9.17) is 0 Å². The monoisotopic (exact) mass is 494 g/mol. The summed E-state index contributed by atoms with van der Waals surface area (Å²) >= 11 is 1.43. The smallest absolute Gasteiger partial charge is 0.267 e. The van der Waals surface area contributed by atoms with E-state index in [0.29, 0.717) is 33.4 Å². The lowest BCUT2D eigenvalue weighted by molar-refractivity contribution is 0.924. The molecule has 9 heteroatoms. The summed E-state index contributed by atoms with van der Waals surface area (Å²) in [5, 5.41) is 10.1. The molecule has 0 radical (unpaired) electrons. The first-order chi connectivity index (χ1) is 17.4. The minimum Gasteiger partial charge on any atom is -0.269 e. The summed E-state index contributed by atoms with van der Waals surface area (Å²) < 4.78 is 5.13. The van der Waals surface area contributed by atoms with Crippen LogP contribution in [0.5, 0.6) is 0 Å². The van der Waals surface area contributed by atoms with E-state index in [9.17, 15) is 9.59 Å². The second-order valence-electron chi connectivity index (χ2n) is 8.73. The molecule has 0 aliphatic heterocycles. The molecule has 6 aromatic rings. The van der Waals surface area contributed by atoms with Crippen LogP contribution in [0.1, 0.15) is 22.5 Å². The van der Waals surface area contributed by atoms with Crippen molar-refractivity contribution in [1.29, 1.82) is 0 Å². The molecule has 178 valence electrons. The van der Waals surface area contributed by atoms with E-state index in [1.54, 1.807) is 15.0 Å². The SMILES string of the molecule is Cc1cccc(-n2c(=O)c3ccccc3n3c(SCc4cc(=O)n5c(C)cccc5n4)nnc23)c1C. The fourth-order valence-electron chi connectivity index (χ4n) is 4.54. The molecule has 2 aromatic carbocycles. The molecule has 0 amide bonds. The van der Waals surface area contributed by atoms with E-state index in [1.807, 2.05) is 85.8 Å². The Kier molecular flexibility index (Phi) is 5.22. The maximum atomic E-state index is 13.6. The zero-order valence-electron chi connectivity index (χ0n) is 20.0. The summed E-state index contributed by atoms with van der Waals surface area (Å²) in [5.41, 5.74) is 5.44. The van der Waals surface area contributed by atoms with E-state index >= 15 is 0 Å². The van der Waals surface area contributed by atoms with Gasteiger partial charge in [0.2, 0.25) is 5.78 Å². The molecule has 0 N–H and O–H groups in total. The normalized spacial score (nSPS) is 11.6. The molecule has 0 unspecified atom stereocenters. The number of thioether (sulfide) groups is 1. The Balaban J connectivity index is 1.51. The number of hydrogen-bond donors (Lipinski definition) is 0. The van der Waals surface area contributed by atoms with Crippen LogP contribution in [0.3, 0.4) is 0 Å². The van der Waals surface area contributed by atoms with Gasteiger partial charge >= 0.3 is 0 Å². The third-order valence-electron chi connectivity index (χ3n) is 6.49. The van der Waals surface area contributed by atoms with Gasteiger partial charge in [-0.05, 0) is 62.2 Å². The predicted molar refractivity (Wildman–Crippen MR) is 141 cm³/mol. The lowest BCUT2D eigenvalue weighted by atomic mass is 10.1. The van der Waals surface area contributed by atoms with Gasteiger partial charge in [-0.3, -0.25) is 18.4 Å². The van der Waals surface area contributed by atoms with Crippen LogP contribution in [-0.4, -0.2) is 28.5 Å². The minimum atomic E-state index is -0.143. The lowest BCUT2D eigenvalue weighted by Crippen LogP contribution is -2.22. The molecule has 36 heavy (non-hydrogen) atoms. The number of pyridine rings is 1. The Morgan fingerprint density at radius 2 is 1.67 bits per heavy atom. The van der Waals surface area contributed by atoms with Gasteiger partial charge < -0.3 is 0 Å². The fraction of sp³-hybridized carbons (Fsp3) is 0.148. The van der Waals surface area contributed by atoms with E-state index in [1.165, 1.54) is 11.8 Å². The van der Waals surface area contributed by atoms with Gasteiger partial charge in [-0.25, -0.2) is 9.55 Å². The van der Waals surface area contributed by atoms with Gasteiger partial charge in [0.1, 0.15) is 5.65 Å². The van der Waals surface area contributed by atoms with Gasteiger partial charge in [-0.15, -0.1) is 10.2 Å². The lowest BCUT2D eigenvalue weighted by Gasteiger charge is -2.14. The topological polar surface area (TPSA) is 86.6 Å². The Hall–Kier alpha value is -4.24. The largest absolute Gasteiger partial charge is 0.269 e. The third kappa shape index (κ3) is 3.43. The summed E-state index contributed by atoms with van der Waals surface area (Å²) in [5.74, 6) is 0.870. The number of aromatic nitrogens is 6. The summed E-state index contributed by atoms with van der Waals surface area (Å²) in [4.78, 5) is 31.0. The zero-order chi connectivity index (χ0) is 25.0. The molecule has 0 fully saturated rings. The van der Waals surface area contributed by atoms with Crippen molar-refractivity contribution in [2.45, 2.75) is 31.7 Å². The first kappa shape index (κ1) is 22.2. The number of benzene rings is 2. The van der Waals surface area contributed by atoms with E-state index in [0.717, 1.165) is 28.0 Å². The molecule has 6 rings (SSSR count). The average Bonchev–Trinajstić information content (AvgIpc) is 3.29. The van der Waals surface area contributed by atoms with E-state index < -0.39 is 0 Å². The number of aryl methyl sites for hydroxylation is 2. The zero-order valence-corrected chi connectivity index (χ0v) is 20.8. The molecule has 0 aliphatic carbocycles. The second kappa shape index (κ2) is 8.46. The molecular formula is C27H22N6O2S. The predicted octanol–water partition coefficient (Wildman–Crippen LogP) is 4.26. The van der Waals surface area contributed by atoms with Crippen molar-refractivity contribution in [3.05, 3.63) is 110 Å². The number of para-hydroxylation sites is 1. The standard InChI is InChI=1S/C27H22N6O2S/c1-16-8-6-12-21(18(16)3)32-25(35)20-10-4-5-11-22(20)33-26(32)29-30-27(33)36-15-19-14-24(34)31-17(2)9-7-13-23(31)28-19/h4-14H,15H2,1-3H3. The number of hydrogen-bond acceptors (Lipinski definition) is 6. The fourth-order valence-corrected chi connectivity index (χ4v) is 5.38. The molecule has 0 spiro atoms. The van der Waals surface area contributed by atoms with Crippen molar-refractivity contribution in [3.63, 3.8) is 0 Å². The van der Waals surface area contributed by atoms with E-state index in [-0.39, 0.29) is 11.1 Å². The minimum absolute atomic E-state index is 0.117. The highest BCUT2D eigenvalue weighted by Crippen LogP contribution is 2.26. The molecule has 0 aliphatic rings. The molecule has 8 nitrogen and oxygen atoms in total. The Bertz CT molecular complexity index is 1940. The van der Waals surface area contributed by atoms with Crippen LogP contribution in [0.15, 0.2) is 81.5 Å². The van der Waals surface area contributed by atoms with Gasteiger partial charge in [0, 0.05) is 17.5 Å². The first-order valence-electron chi connectivity index (χ1n) is 11.5. The number of rotatable bonds is 4. The highest BCUT2D eigenvalue weighted by Gasteiger charge is 2.19. The summed E-state index contributed by atoms with van der Waals surface area (Å²) in [7, 11) is 0. The van der Waals surface area contributed by atoms with Gasteiger partial charge in [0.05, 0.1) is 22.3 Å². The molecule has 0 saturated carbocycles. The molecule has 4 heterocycles. The van der Waals surface area contributed by atoms with Crippen LogP contribution in [0.2, 0.25) is 0 Å². The van der Waals surface area contributed by atoms with Crippen molar-refractivity contribution < 1.29 is 0 Å². The number of fused-ring (bicyclic) bond motifs is 4. The van der Waals surface area contributed by atoms with Crippen LogP contribution >= 0.6 is 11.8 Å². The quantitative estimate of drug-likeness (QED) is 0.341. The maximum Gasteiger partial charge on any atom is 0.267 e. The van der Waals surface area contributed by atoms with Crippen LogP contribution in [-0.2, 0) is 5.75 Å². The van der Waals surface area contributed by atoms with Gasteiger partial charge in [-0.2, -0.15) is 0 Å². The van der Waals surface area contributed by atoms with Crippen molar-refractivity contribution >= 4 is 34.1 Å². The summed E-state index contributed by atoms with van der Waals surface area (Å²) in [6, 6.07) is 20.5. The van der Waals surface area contributed by atoms with Crippen LogP contribution < -0.4 is 11.1 Å². The van der Waals surface area contributed by atoms with Crippen molar-refractivity contribution in [1.82, 2.24) is 28.5 Å². The van der Waals surface area contributed by atoms with E-state index in [2.05, 4.69) is 15.2 Å². The molecular weight excluding hydrogens is 472 g/mol. The van der Waals surface area contributed by atoms with Crippen molar-refractivity contribution in [2.24, 2.45) is 0 Å². The van der Waals surface area contributed by atoms with Gasteiger partial charge in [-0.1, -0.05) is 42.1 Å². The first-order valence-corrected chi connectivity index (χ1v) is 12.5. The van der Waals surface area contributed by atoms with Crippen molar-refractivity contribution in [2.75, 3.05) is 0 Å². The molecule has 0 bridgehead atoms. The van der Waals surface area contributed by atoms with Gasteiger partial charge in [0.15, 0.2) is 5.16 Å². The second-order valence-corrected chi connectivity index (χ2v) is 9.67. The maximum absolute atomic E-state index is 13.6. The molecule has 4 aromatic heterocycles. The molecule has 0 saturated heterocycles. The highest BCUT2D eigenvalue weighted by molar-refractivity contribution is 7.98. The van der Waals surface area contributed by atoms with Gasteiger partial charge in [0.25, 0.3) is 11.1 Å².